The highest BCUT2D eigenvalue weighted by Crippen LogP contribution is 2.31. The van der Waals surface area contributed by atoms with E-state index in [0.29, 0.717) is 21.2 Å². The molecule has 0 saturated heterocycles. The molecule has 3 N–H and O–H groups in total. The van der Waals surface area contributed by atoms with E-state index < -0.39 is 10.0 Å². The Labute approximate surface area is 135 Å². The van der Waals surface area contributed by atoms with Gasteiger partial charge in [0.25, 0.3) is 10.0 Å². The fraction of sp³-hybridized carbons (Fsp3) is 0.167. The Balaban J connectivity index is 2.46. The molecule has 4 nitrogen and oxygen atoms in total. The molecule has 108 valence electrons. The third kappa shape index (κ3) is 3.17. The van der Waals surface area contributed by atoms with E-state index in [4.69, 9.17) is 17.3 Å². The van der Waals surface area contributed by atoms with E-state index in [0.717, 1.165) is 4.47 Å². The highest BCUT2D eigenvalue weighted by molar-refractivity contribution is 9.10. The van der Waals surface area contributed by atoms with Gasteiger partial charge >= 0.3 is 0 Å². The molecule has 0 unspecified atom stereocenters. The Morgan fingerprint density at radius 1 is 1.45 bits per heavy atom. The van der Waals surface area contributed by atoms with Crippen molar-refractivity contribution in [1.29, 1.82) is 0 Å². The van der Waals surface area contributed by atoms with Gasteiger partial charge in [-0.15, -0.1) is 11.3 Å². The number of aryl methyl sites for hydroxylation is 1. The number of hydrogen-bond donors (Lipinski definition) is 2. The Morgan fingerprint density at radius 2 is 2.15 bits per heavy atom. The van der Waals surface area contributed by atoms with Crippen molar-refractivity contribution in [2.45, 2.75) is 18.4 Å². The topological polar surface area (TPSA) is 72.2 Å². The predicted molar refractivity (Wildman–Crippen MR) is 86.9 cm³/mol. The first-order valence-electron chi connectivity index (χ1n) is 5.60. The van der Waals surface area contributed by atoms with E-state index in [1.165, 1.54) is 11.3 Å². The summed E-state index contributed by atoms with van der Waals surface area (Å²) >= 11 is 10.6. The van der Waals surface area contributed by atoms with Gasteiger partial charge in [0, 0.05) is 15.9 Å². The van der Waals surface area contributed by atoms with Gasteiger partial charge in [-0.1, -0.05) is 27.5 Å². The van der Waals surface area contributed by atoms with Crippen molar-refractivity contribution in [3.05, 3.63) is 43.5 Å². The summed E-state index contributed by atoms with van der Waals surface area (Å²) in [7, 11) is -3.71. The smallest absolute Gasteiger partial charge is 0.263 e. The summed E-state index contributed by atoms with van der Waals surface area (Å²) in [6.07, 6.45) is 0. The van der Waals surface area contributed by atoms with Gasteiger partial charge in [0.05, 0.1) is 10.7 Å². The SMILES string of the molecule is Cc1csc(CN)c1S(=O)(=O)Nc1cc(Br)ccc1Cl. The molecule has 0 fully saturated rings. The van der Waals surface area contributed by atoms with Crippen LogP contribution in [0.4, 0.5) is 5.69 Å². The summed E-state index contributed by atoms with van der Waals surface area (Å²) in [6.45, 7) is 1.92. The minimum atomic E-state index is -3.71. The van der Waals surface area contributed by atoms with Gasteiger partial charge < -0.3 is 5.73 Å². The van der Waals surface area contributed by atoms with E-state index in [2.05, 4.69) is 20.7 Å². The van der Waals surface area contributed by atoms with E-state index in [-0.39, 0.29) is 11.4 Å². The van der Waals surface area contributed by atoms with Crippen LogP contribution < -0.4 is 10.5 Å². The van der Waals surface area contributed by atoms with Gasteiger partial charge in [-0.2, -0.15) is 0 Å². The van der Waals surface area contributed by atoms with Crippen molar-refractivity contribution in [2.75, 3.05) is 4.72 Å². The Bertz CT molecular complexity index is 744. The predicted octanol–water partition coefficient (Wildman–Crippen LogP) is 3.73. The molecule has 0 atom stereocenters. The molecule has 0 aliphatic heterocycles. The Hall–Kier alpha value is -0.600. The molecule has 0 spiro atoms. The average Bonchev–Trinajstić information content (AvgIpc) is 2.75. The Kier molecular flexibility index (Phi) is 4.76. The van der Waals surface area contributed by atoms with Gasteiger partial charge in [-0.25, -0.2) is 8.42 Å². The maximum Gasteiger partial charge on any atom is 0.263 e. The second-order valence-corrected chi connectivity index (χ2v) is 8.01. The van der Waals surface area contributed by atoms with E-state index in [1.54, 1.807) is 30.5 Å². The molecule has 0 aliphatic carbocycles. The van der Waals surface area contributed by atoms with Crippen LogP contribution >= 0.6 is 38.9 Å². The summed E-state index contributed by atoms with van der Waals surface area (Å²) in [5.74, 6) is 0. The Morgan fingerprint density at radius 3 is 2.80 bits per heavy atom. The first-order chi connectivity index (χ1) is 9.35. The lowest BCUT2D eigenvalue weighted by atomic mass is 10.3. The summed E-state index contributed by atoms with van der Waals surface area (Å²) in [6, 6.07) is 4.97. The number of benzene rings is 1. The lowest BCUT2D eigenvalue weighted by Gasteiger charge is -2.11. The van der Waals surface area contributed by atoms with Gasteiger partial charge in [0.1, 0.15) is 4.90 Å². The van der Waals surface area contributed by atoms with Gasteiger partial charge in [0.2, 0.25) is 0 Å². The van der Waals surface area contributed by atoms with Crippen LogP contribution in [0.5, 0.6) is 0 Å². The normalized spacial score (nSPS) is 11.6. The second-order valence-electron chi connectivity index (χ2n) is 4.10. The largest absolute Gasteiger partial charge is 0.326 e. The second kappa shape index (κ2) is 6.03. The zero-order valence-corrected chi connectivity index (χ0v) is 14.5. The number of nitrogens with one attached hydrogen (secondary N) is 1. The molecule has 1 aromatic carbocycles. The minimum absolute atomic E-state index is 0.182. The summed E-state index contributed by atoms with van der Waals surface area (Å²) in [5, 5.41) is 2.11. The monoisotopic (exact) mass is 394 g/mol. The van der Waals surface area contributed by atoms with Gasteiger partial charge in [0.15, 0.2) is 0 Å². The fourth-order valence-electron chi connectivity index (χ4n) is 1.76. The first kappa shape index (κ1) is 15.8. The molecule has 0 saturated carbocycles. The van der Waals surface area contributed by atoms with Crippen LogP contribution in [0, 0.1) is 6.92 Å². The van der Waals surface area contributed by atoms with Gasteiger partial charge in [-0.05, 0) is 36.1 Å². The molecule has 0 aliphatic rings. The van der Waals surface area contributed by atoms with Crippen LogP contribution in [0.2, 0.25) is 5.02 Å². The average molecular weight is 396 g/mol. The molecule has 2 aromatic rings. The summed E-state index contributed by atoms with van der Waals surface area (Å²) < 4.78 is 28.2. The summed E-state index contributed by atoms with van der Waals surface area (Å²) in [5.41, 5.74) is 6.60. The third-order valence-electron chi connectivity index (χ3n) is 2.62. The van der Waals surface area contributed by atoms with Crippen LogP contribution in [0.3, 0.4) is 0 Å². The zero-order valence-electron chi connectivity index (χ0n) is 10.5. The van der Waals surface area contributed by atoms with Crippen molar-refractivity contribution < 1.29 is 8.42 Å². The summed E-state index contributed by atoms with van der Waals surface area (Å²) in [4.78, 5) is 0.863. The molecule has 0 bridgehead atoms. The zero-order chi connectivity index (χ0) is 14.9. The standard InChI is InChI=1S/C12H12BrClN2O2S2/c1-7-6-19-11(5-15)12(7)20(17,18)16-10-4-8(13)2-3-9(10)14/h2-4,6,16H,5,15H2,1H3. The van der Waals surface area contributed by atoms with Crippen molar-refractivity contribution >= 4 is 54.6 Å². The van der Waals surface area contributed by atoms with Gasteiger partial charge in [-0.3, -0.25) is 4.72 Å². The molecule has 0 amide bonds. The van der Waals surface area contributed by atoms with Crippen LogP contribution in [0.25, 0.3) is 0 Å². The quantitative estimate of drug-likeness (QED) is 0.828. The van der Waals surface area contributed by atoms with Crippen LogP contribution in [0.15, 0.2) is 32.9 Å². The number of nitrogens with two attached hydrogens (primary N) is 1. The first-order valence-corrected chi connectivity index (χ1v) is 9.13. The molecular weight excluding hydrogens is 384 g/mol. The van der Waals surface area contributed by atoms with Crippen molar-refractivity contribution in [2.24, 2.45) is 5.73 Å². The minimum Gasteiger partial charge on any atom is -0.326 e. The number of halogens is 2. The highest BCUT2D eigenvalue weighted by atomic mass is 79.9. The van der Waals surface area contributed by atoms with E-state index >= 15 is 0 Å². The van der Waals surface area contributed by atoms with E-state index in [1.807, 2.05) is 0 Å². The number of sulfonamides is 1. The van der Waals surface area contributed by atoms with Crippen molar-refractivity contribution in [3.8, 4) is 0 Å². The molecule has 20 heavy (non-hydrogen) atoms. The third-order valence-corrected chi connectivity index (χ3v) is 6.29. The number of rotatable bonds is 4. The highest BCUT2D eigenvalue weighted by Gasteiger charge is 2.23. The van der Waals surface area contributed by atoms with Crippen LogP contribution in [-0.4, -0.2) is 8.42 Å². The lowest BCUT2D eigenvalue weighted by molar-refractivity contribution is 0.600. The molecular formula is C12H12BrClN2O2S2. The van der Waals surface area contributed by atoms with E-state index in [9.17, 15) is 8.42 Å². The fourth-order valence-corrected chi connectivity index (χ4v) is 5.12. The molecule has 1 aromatic heterocycles. The maximum atomic E-state index is 12.5. The molecule has 2 rings (SSSR count). The molecule has 8 heteroatoms. The van der Waals surface area contributed by atoms with Crippen molar-refractivity contribution in [1.82, 2.24) is 0 Å². The van der Waals surface area contributed by atoms with Crippen molar-refractivity contribution in [3.63, 3.8) is 0 Å². The lowest BCUT2D eigenvalue weighted by Crippen LogP contribution is -2.16. The van der Waals surface area contributed by atoms with Crippen LogP contribution in [-0.2, 0) is 16.6 Å². The number of anilines is 1. The molecule has 0 radical (unpaired) electrons. The van der Waals surface area contributed by atoms with Crippen LogP contribution in [0.1, 0.15) is 10.4 Å². The molecule has 1 heterocycles. The maximum absolute atomic E-state index is 12.5. The number of thiophene rings is 1. The number of hydrogen-bond acceptors (Lipinski definition) is 4.